The minimum atomic E-state index is -0.245. The van der Waals surface area contributed by atoms with Crippen LogP contribution in [0.1, 0.15) is 10.4 Å². The molecule has 2 aromatic rings. The van der Waals surface area contributed by atoms with Crippen LogP contribution in [0.2, 0.25) is 0 Å². The third kappa shape index (κ3) is 4.48. The lowest BCUT2D eigenvalue weighted by atomic mass is 10.2. The van der Waals surface area contributed by atoms with Gasteiger partial charge in [-0.05, 0) is 36.0 Å². The van der Waals surface area contributed by atoms with E-state index in [1.807, 2.05) is 31.1 Å². The second-order valence-electron chi connectivity index (χ2n) is 5.51. The number of aromatic nitrogens is 1. The first-order valence-corrected chi connectivity index (χ1v) is 8.13. The zero-order chi connectivity index (χ0) is 17.7. The Labute approximate surface area is 145 Å². The minimum Gasteiger partial charge on any atom is -0.363 e. The van der Waals surface area contributed by atoms with E-state index in [-0.39, 0.29) is 11.1 Å². The molecule has 2 rings (SSSR count). The maximum atomic E-state index is 12.5. The molecule has 0 fully saturated rings. The maximum Gasteiger partial charge on any atom is 0.286 e. The molecule has 24 heavy (non-hydrogen) atoms. The first-order chi connectivity index (χ1) is 11.4. The largest absolute Gasteiger partial charge is 0.363 e. The van der Waals surface area contributed by atoms with Gasteiger partial charge in [0, 0.05) is 44.8 Å². The molecule has 1 aromatic carbocycles. The number of amides is 2. The van der Waals surface area contributed by atoms with Crippen molar-refractivity contribution in [3.05, 3.63) is 48.2 Å². The molecule has 2 amide bonds. The van der Waals surface area contributed by atoms with Gasteiger partial charge >= 0.3 is 0 Å². The predicted molar refractivity (Wildman–Crippen MR) is 97.9 cm³/mol. The van der Waals surface area contributed by atoms with Crippen LogP contribution in [0.5, 0.6) is 0 Å². The third-order valence-electron chi connectivity index (χ3n) is 3.16. The topological polar surface area (TPSA) is 65.5 Å². The van der Waals surface area contributed by atoms with Crippen LogP contribution in [0.4, 0.5) is 16.3 Å². The zero-order valence-corrected chi connectivity index (χ0v) is 14.9. The van der Waals surface area contributed by atoms with Crippen LogP contribution in [0.25, 0.3) is 0 Å². The van der Waals surface area contributed by atoms with Crippen molar-refractivity contribution in [1.82, 2.24) is 9.88 Å². The van der Waals surface area contributed by atoms with Gasteiger partial charge in [-0.15, -0.1) is 0 Å². The summed E-state index contributed by atoms with van der Waals surface area (Å²) >= 11 is 1.08. The summed E-state index contributed by atoms with van der Waals surface area (Å²) in [7, 11) is 7.11. The number of thioether (sulfide) groups is 1. The molecule has 0 saturated heterocycles. The molecule has 7 heteroatoms. The Morgan fingerprint density at radius 3 is 2.46 bits per heavy atom. The second-order valence-corrected chi connectivity index (χ2v) is 6.50. The van der Waals surface area contributed by atoms with Gasteiger partial charge in [0.25, 0.3) is 11.1 Å². The summed E-state index contributed by atoms with van der Waals surface area (Å²) in [5.41, 5.74) is 1.11. The molecule has 0 bridgehead atoms. The second kappa shape index (κ2) is 7.83. The van der Waals surface area contributed by atoms with Crippen LogP contribution in [0.3, 0.4) is 0 Å². The Morgan fingerprint density at radius 2 is 1.79 bits per heavy atom. The molecular weight excluding hydrogens is 324 g/mol. The molecule has 0 aliphatic rings. The number of benzene rings is 1. The fraction of sp³-hybridized carbons (Fsp3) is 0.235. The molecule has 0 atom stereocenters. The molecule has 1 N–H and O–H groups in total. The zero-order valence-electron chi connectivity index (χ0n) is 14.1. The van der Waals surface area contributed by atoms with Gasteiger partial charge < -0.3 is 15.1 Å². The summed E-state index contributed by atoms with van der Waals surface area (Å²) in [6, 6.07) is 10.6. The van der Waals surface area contributed by atoms with Crippen LogP contribution >= 0.6 is 11.8 Å². The lowest BCUT2D eigenvalue weighted by Crippen LogP contribution is -2.17. The molecule has 0 radical (unpaired) electrons. The highest BCUT2D eigenvalue weighted by Gasteiger charge is 2.14. The van der Waals surface area contributed by atoms with Crippen LogP contribution in [-0.4, -0.2) is 49.2 Å². The van der Waals surface area contributed by atoms with Crippen LogP contribution in [0.15, 0.2) is 47.5 Å². The number of nitrogens with zero attached hydrogens (tertiary/aromatic N) is 3. The van der Waals surface area contributed by atoms with Crippen molar-refractivity contribution in [3.63, 3.8) is 0 Å². The lowest BCUT2D eigenvalue weighted by molar-refractivity contribution is 0.102. The smallest absolute Gasteiger partial charge is 0.286 e. The summed E-state index contributed by atoms with van der Waals surface area (Å²) in [6.45, 7) is 0. The van der Waals surface area contributed by atoms with Crippen LogP contribution in [0, 0.1) is 0 Å². The molecule has 1 aromatic heterocycles. The molecule has 1 heterocycles. The first kappa shape index (κ1) is 17.8. The average Bonchev–Trinajstić information content (AvgIpc) is 2.56. The summed E-state index contributed by atoms with van der Waals surface area (Å²) in [5.74, 6) is 0.457. The van der Waals surface area contributed by atoms with Crippen LogP contribution in [-0.2, 0) is 0 Å². The maximum absolute atomic E-state index is 12.5. The minimum absolute atomic E-state index is 0.101. The quantitative estimate of drug-likeness (QED) is 0.863. The van der Waals surface area contributed by atoms with Gasteiger partial charge in [-0.25, -0.2) is 4.98 Å². The first-order valence-electron chi connectivity index (χ1n) is 7.31. The molecule has 6 nitrogen and oxygen atoms in total. The molecule has 0 unspecified atom stereocenters. The average molecular weight is 344 g/mol. The number of nitrogens with one attached hydrogen (secondary N) is 1. The van der Waals surface area contributed by atoms with E-state index in [0.29, 0.717) is 22.0 Å². The highest BCUT2D eigenvalue weighted by molar-refractivity contribution is 8.13. The summed E-state index contributed by atoms with van der Waals surface area (Å²) < 4.78 is 0. The van der Waals surface area contributed by atoms with Gasteiger partial charge in [0.05, 0.1) is 5.69 Å². The number of hydrogen-bond donors (Lipinski definition) is 1. The number of carbonyl (C=O) groups excluding carboxylic acids is 2. The van der Waals surface area contributed by atoms with Crippen molar-refractivity contribution in [2.45, 2.75) is 4.90 Å². The molecule has 126 valence electrons. The van der Waals surface area contributed by atoms with Gasteiger partial charge in [-0.2, -0.15) is 0 Å². The summed E-state index contributed by atoms with van der Waals surface area (Å²) in [6.07, 6.45) is 1.60. The van der Waals surface area contributed by atoms with E-state index in [0.717, 1.165) is 11.8 Å². The van der Waals surface area contributed by atoms with Gasteiger partial charge in [0.1, 0.15) is 5.82 Å². The number of carbonyl (C=O) groups is 2. The van der Waals surface area contributed by atoms with E-state index in [2.05, 4.69) is 10.3 Å². The van der Waals surface area contributed by atoms with Gasteiger partial charge in [0.2, 0.25) is 0 Å². The van der Waals surface area contributed by atoms with Crippen molar-refractivity contribution in [3.8, 4) is 0 Å². The Bertz CT molecular complexity index is 747. The predicted octanol–water partition coefficient (Wildman–Crippen LogP) is 3.17. The number of hydrogen-bond acceptors (Lipinski definition) is 5. The lowest BCUT2D eigenvalue weighted by Gasteiger charge is -2.14. The van der Waals surface area contributed by atoms with E-state index in [4.69, 9.17) is 0 Å². The Morgan fingerprint density at radius 1 is 1.08 bits per heavy atom. The molecule has 0 aliphatic heterocycles. The molecule has 0 saturated carbocycles. The van der Waals surface area contributed by atoms with Gasteiger partial charge in [-0.3, -0.25) is 9.59 Å². The Kier molecular flexibility index (Phi) is 5.81. The van der Waals surface area contributed by atoms with Crippen molar-refractivity contribution < 1.29 is 9.59 Å². The SMILES string of the molecule is CN(C)C(=O)Sc1ccccc1NC(=O)c1ccnc(N(C)C)c1. The van der Waals surface area contributed by atoms with Crippen molar-refractivity contribution in [1.29, 1.82) is 0 Å². The van der Waals surface area contributed by atoms with Crippen molar-refractivity contribution in [2.75, 3.05) is 38.4 Å². The Hall–Kier alpha value is -2.54. The normalized spacial score (nSPS) is 10.2. The van der Waals surface area contributed by atoms with Gasteiger partial charge in [0.15, 0.2) is 0 Å². The van der Waals surface area contributed by atoms with E-state index < -0.39 is 0 Å². The van der Waals surface area contributed by atoms with E-state index in [1.54, 1.807) is 44.6 Å². The third-order valence-corrected chi connectivity index (χ3v) is 4.28. The number of para-hydroxylation sites is 1. The molecule has 0 spiro atoms. The van der Waals surface area contributed by atoms with E-state index in [9.17, 15) is 9.59 Å². The van der Waals surface area contributed by atoms with Crippen molar-refractivity contribution >= 4 is 34.4 Å². The Balaban J connectivity index is 2.20. The molecule has 0 aliphatic carbocycles. The fourth-order valence-electron chi connectivity index (χ4n) is 1.84. The van der Waals surface area contributed by atoms with E-state index >= 15 is 0 Å². The summed E-state index contributed by atoms with van der Waals surface area (Å²) in [4.78, 5) is 32.6. The fourth-order valence-corrected chi connectivity index (χ4v) is 2.59. The monoisotopic (exact) mass is 344 g/mol. The van der Waals surface area contributed by atoms with Crippen LogP contribution < -0.4 is 10.2 Å². The number of anilines is 2. The number of pyridine rings is 1. The van der Waals surface area contributed by atoms with Gasteiger partial charge in [-0.1, -0.05) is 12.1 Å². The highest BCUT2D eigenvalue weighted by atomic mass is 32.2. The standard InChI is InChI=1S/C17H20N4O2S/c1-20(2)15-11-12(9-10-18-15)16(22)19-13-7-5-6-8-14(13)24-17(23)21(3)4/h5-11H,1-4H3,(H,19,22). The molecular formula is C17H20N4O2S. The van der Waals surface area contributed by atoms with Crippen molar-refractivity contribution in [2.24, 2.45) is 0 Å². The number of rotatable bonds is 4. The summed E-state index contributed by atoms with van der Waals surface area (Å²) in [5, 5.41) is 2.76. The highest BCUT2D eigenvalue weighted by Crippen LogP contribution is 2.29. The van der Waals surface area contributed by atoms with E-state index in [1.165, 1.54) is 4.90 Å².